The number of nitrogens with zero attached hydrogens (tertiary/aromatic N) is 1. The van der Waals surface area contributed by atoms with Crippen LogP contribution in [0.4, 0.5) is 0 Å². The van der Waals surface area contributed by atoms with Gasteiger partial charge in [0.2, 0.25) is 0 Å². The highest BCUT2D eigenvalue weighted by molar-refractivity contribution is 5.15. The average molecular weight is 109 g/mol. The first-order valence-electron chi connectivity index (χ1n) is 2.48. The third kappa shape index (κ3) is 0.391. The van der Waals surface area contributed by atoms with Crippen molar-refractivity contribution in [3.63, 3.8) is 0 Å². The topological polar surface area (TPSA) is 37.9 Å². The van der Waals surface area contributed by atoms with E-state index in [1.54, 1.807) is 0 Å². The lowest BCUT2D eigenvalue weighted by Gasteiger charge is -1.81. The molecule has 0 amide bonds. The van der Waals surface area contributed by atoms with Crippen molar-refractivity contribution >= 4 is 0 Å². The minimum Gasteiger partial charge on any atom is -0.370 e. The Morgan fingerprint density at radius 3 is 3.50 bits per heavy atom. The van der Waals surface area contributed by atoms with Crippen molar-refractivity contribution in [2.75, 3.05) is 0 Å². The van der Waals surface area contributed by atoms with Gasteiger partial charge in [-0.05, 0) is 0 Å². The maximum Gasteiger partial charge on any atom is 0.0941 e. The molecule has 1 N–H and O–H groups in total. The number of rotatable bonds is 0. The van der Waals surface area contributed by atoms with Gasteiger partial charge in [-0.15, -0.1) is 0 Å². The molecule has 0 spiro atoms. The SMILES string of the molecule is [c]1[nH]nc2c1COC2. The van der Waals surface area contributed by atoms with E-state index >= 15 is 0 Å². The number of H-pyrrole nitrogens is 1. The molecule has 41 valence electrons. The Bertz CT molecular complexity index is 176. The molecule has 0 atom stereocenters. The molecule has 3 nitrogen and oxygen atoms in total. The Morgan fingerprint density at radius 1 is 1.62 bits per heavy atom. The zero-order valence-electron chi connectivity index (χ0n) is 4.27. The summed E-state index contributed by atoms with van der Waals surface area (Å²) in [6.07, 6.45) is 2.86. The van der Waals surface area contributed by atoms with Gasteiger partial charge in [0, 0.05) is 5.56 Å². The summed E-state index contributed by atoms with van der Waals surface area (Å²) in [5.41, 5.74) is 2.08. The molecule has 1 aromatic heterocycles. The van der Waals surface area contributed by atoms with Crippen LogP contribution in [0.5, 0.6) is 0 Å². The van der Waals surface area contributed by atoms with Crippen LogP contribution in [0.25, 0.3) is 0 Å². The quantitative estimate of drug-likeness (QED) is 0.518. The molecular formula is C5H5N2O. The summed E-state index contributed by atoms with van der Waals surface area (Å²) < 4.78 is 5.04. The summed E-state index contributed by atoms with van der Waals surface area (Å²) in [5, 5.41) is 6.54. The third-order valence-electron chi connectivity index (χ3n) is 1.23. The highest BCUT2D eigenvalue weighted by Crippen LogP contribution is 2.14. The maximum atomic E-state index is 5.04. The Labute approximate surface area is 46.7 Å². The molecule has 1 aromatic rings. The molecule has 0 saturated carbocycles. The summed E-state index contributed by atoms with van der Waals surface area (Å²) >= 11 is 0. The highest BCUT2D eigenvalue weighted by atomic mass is 16.5. The summed E-state index contributed by atoms with van der Waals surface area (Å²) in [6, 6.07) is 0. The molecular weight excluding hydrogens is 104 g/mol. The Morgan fingerprint density at radius 2 is 2.62 bits per heavy atom. The molecule has 1 aliphatic heterocycles. The second-order valence-corrected chi connectivity index (χ2v) is 1.77. The molecule has 0 fully saturated rings. The Balaban J connectivity index is 2.54. The number of hydrogen-bond acceptors (Lipinski definition) is 2. The molecule has 0 bridgehead atoms. The minimum absolute atomic E-state index is 0.648. The number of ether oxygens (including phenoxy) is 1. The summed E-state index contributed by atoms with van der Waals surface area (Å²) in [7, 11) is 0. The smallest absolute Gasteiger partial charge is 0.0941 e. The van der Waals surface area contributed by atoms with E-state index < -0.39 is 0 Å². The van der Waals surface area contributed by atoms with E-state index in [0.29, 0.717) is 13.2 Å². The largest absolute Gasteiger partial charge is 0.370 e. The van der Waals surface area contributed by atoms with Crippen LogP contribution in [-0.2, 0) is 18.0 Å². The van der Waals surface area contributed by atoms with Crippen molar-refractivity contribution in [2.45, 2.75) is 13.2 Å². The number of aromatic nitrogens is 2. The van der Waals surface area contributed by atoms with Crippen molar-refractivity contribution in [2.24, 2.45) is 0 Å². The molecule has 1 radical (unpaired) electrons. The van der Waals surface area contributed by atoms with Gasteiger partial charge in [-0.25, -0.2) is 0 Å². The fourth-order valence-corrected chi connectivity index (χ4v) is 0.791. The zero-order valence-corrected chi connectivity index (χ0v) is 4.27. The molecule has 2 rings (SSSR count). The van der Waals surface area contributed by atoms with Gasteiger partial charge in [0.15, 0.2) is 0 Å². The first-order chi connectivity index (χ1) is 3.97. The molecule has 8 heavy (non-hydrogen) atoms. The molecule has 3 heteroatoms. The van der Waals surface area contributed by atoms with Crippen molar-refractivity contribution in [3.05, 3.63) is 17.5 Å². The van der Waals surface area contributed by atoms with E-state index in [0.717, 1.165) is 11.3 Å². The lowest BCUT2D eigenvalue weighted by molar-refractivity contribution is 0.131. The van der Waals surface area contributed by atoms with E-state index in [4.69, 9.17) is 4.74 Å². The van der Waals surface area contributed by atoms with Crippen LogP contribution < -0.4 is 0 Å². The van der Waals surface area contributed by atoms with Gasteiger partial charge in [0.1, 0.15) is 0 Å². The van der Waals surface area contributed by atoms with Crippen molar-refractivity contribution in [1.29, 1.82) is 0 Å². The molecule has 1 aliphatic rings. The zero-order chi connectivity index (χ0) is 5.40. The van der Waals surface area contributed by atoms with Gasteiger partial charge in [0.05, 0.1) is 25.1 Å². The monoisotopic (exact) mass is 109 g/mol. The van der Waals surface area contributed by atoms with E-state index in [9.17, 15) is 0 Å². The van der Waals surface area contributed by atoms with E-state index in [1.165, 1.54) is 0 Å². The fraction of sp³-hybridized carbons (Fsp3) is 0.400. The number of fused-ring (bicyclic) bond motifs is 1. The van der Waals surface area contributed by atoms with Gasteiger partial charge < -0.3 is 4.74 Å². The van der Waals surface area contributed by atoms with Gasteiger partial charge in [-0.3, -0.25) is 5.10 Å². The minimum atomic E-state index is 0.648. The molecule has 0 saturated heterocycles. The van der Waals surface area contributed by atoms with E-state index in [2.05, 4.69) is 16.4 Å². The molecule has 0 aromatic carbocycles. The number of hydrogen-bond donors (Lipinski definition) is 1. The average Bonchev–Trinajstić information content (AvgIpc) is 2.15. The van der Waals surface area contributed by atoms with Crippen LogP contribution in [0.3, 0.4) is 0 Å². The molecule has 0 aliphatic carbocycles. The molecule has 2 heterocycles. The lowest BCUT2D eigenvalue weighted by Crippen LogP contribution is -1.79. The van der Waals surface area contributed by atoms with Crippen LogP contribution in [0.1, 0.15) is 11.3 Å². The van der Waals surface area contributed by atoms with E-state index in [-0.39, 0.29) is 0 Å². The first kappa shape index (κ1) is 4.09. The number of aromatic amines is 1. The Kier molecular flexibility index (Phi) is 0.676. The van der Waals surface area contributed by atoms with Gasteiger partial charge in [0.25, 0.3) is 0 Å². The highest BCUT2D eigenvalue weighted by Gasteiger charge is 2.12. The van der Waals surface area contributed by atoms with Crippen molar-refractivity contribution < 1.29 is 4.74 Å². The second kappa shape index (κ2) is 1.32. The van der Waals surface area contributed by atoms with Crippen molar-refractivity contribution in [3.8, 4) is 0 Å². The standard InChI is InChI=1S/C5H5N2O/c1-4-2-8-3-5(4)7-6-1/h2-3H2,(H,6,7). The summed E-state index contributed by atoms with van der Waals surface area (Å²) in [6.45, 7) is 1.32. The van der Waals surface area contributed by atoms with E-state index in [1.807, 2.05) is 0 Å². The first-order valence-corrected chi connectivity index (χ1v) is 2.48. The van der Waals surface area contributed by atoms with Crippen LogP contribution in [-0.4, -0.2) is 10.2 Å². The van der Waals surface area contributed by atoms with Crippen LogP contribution in [0.2, 0.25) is 0 Å². The van der Waals surface area contributed by atoms with Gasteiger partial charge in [-0.1, -0.05) is 0 Å². The normalized spacial score (nSPS) is 16.5. The fourth-order valence-electron chi connectivity index (χ4n) is 0.791. The number of nitrogens with one attached hydrogen (secondary N) is 1. The second-order valence-electron chi connectivity index (χ2n) is 1.77. The van der Waals surface area contributed by atoms with Gasteiger partial charge >= 0.3 is 0 Å². The predicted octanol–water partition coefficient (Wildman–Crippen LogP) is 0.240. The van der Waals surface area contributed by atoms with Gasteiger partial charge in [-0.2, -0.15) is 5.10 Å². The predicted molar refractivity (Wildman–Crippen MR) is 25.9 cm³/mol. The third-order valence-corrected chi connectivity index (χ3v) is 1.23. The Hall–Kier alpha value is -0.830. The summed E-state index contributed by atoms with van der Waals surface area (Å²) in [5.74, 6) is 0. The van der Waals surface area contributed by atoms with Crippen LogP contribution in [0.15, 0.2) is 0 Å². The lowest BCUT2D eigenvalue weighted by atomic mass is 10.3. The van der Waals surface area contributed by atoms with Crippen molar-refractivity contribution in [1.82, 2.24) is 10.2 Å². The van der Waals surface area contributed by atoms with Crippen LogP contribution in [0, 0.1) is 6.20 Å². The maximum absolute atomic E-state index is 5.04. The molecule has 0 unspecified atom stereocenters. The van der Waals surface area contributed by atoms with Crippen LogP contribution >= 0.6 is 0 Å². The summed E-state index contributed by atoms with van der Waals surface area (Å²) in [4.78, 5) is 0.